The van der Waals surface area contributed by atoms with Gasteiger partial charge in [0.2, 0.25) is 5.91 Å². The zero-order valence-corrected chi connectivity index (χ0v) is 11.5. The average Bonchev–Trinajstić information content (AvgIpc) is 2.30. The van der Waals surface area contributed by atoms with Crippen molar-refractivity contribution in [1.82, 2.24) is 10.2 Å². The maximum atomic E-state index is 11.6. The lowest BCUT2D eigenvalue weighted by Gasteiger charge is -2.26. The molecular formula is C11H25N3OS. The second-order valence-corrected chi connectivity index (χ2v) is 4.90. The SMILES string of the molecule is CCCNC(=O)CC(CN)N(C)CCSC. The number of nitrogens with two attached hydrogens (primary N) is 1. The van der Waals surface area contributed by atoms with Crippen LogP contribution in [0.2, 0.25) is 0 Å². The van der Waals surface area contributed by atoms with Crippen LogP contribution < -0.4 is 11.1 Å². The summed E-state index contributed by atoms with van der Waals surface area (Å²) in [5.41, 5.74) is 5.69. The van der Waals surface area contributed by atoms with Crippen LogP contribution in [0, 0.1) is 0 Å². The summed E-state index contributed by atoms with van der Waals surface area (Å²) in [7, 11) is 2.03. The number of amides is 1. The molecule has 0 aromatic heterocycles. The molecule has 1 unspecified atom stereocenters. The van der Waals surface area contributed by atoms with E-state index in [0.717, 1.165) is 25.3 Å². The van der Waals surface area contributed by atoms with Gasteiger partial charge in [-0.3, -0.25) is 4.79 Å². The van der Waals surface area contributed by atoms with Crippen LogP contribution in [0.3, 0.4) is 0 Å². The Bertz CT molecular complexity index is 190. The summed E-state index contributed by atoms with van der Waals surface area (Å²) in [6.07, 6.45) is 3.56. The van der Waals surface area contributed by atoms with Crippen molar-refractivity contribution in [2.45, 2.75) is 25.8 Å². The van der Waals surface area contributed by atoms with Gasteiger partial charge < -0.3 is 16.0 Å². The van der Waals surface area contributed by atoms with Crippen molar-refractivity contribution < 1.29 is 4.79 Å². The van der Waals surface area contributed by atoms with Crippen molar-refractivity contribution in [2.75, 3.05) is 38.7 Å². The summed E-state index contributed by atoms with van der Waals surface area (Å²) < 4.78 is 0. The first-order valence-corrected chi connectivity index (χ1v) is 7.21. The molecule has 0 bridgehead atoms. The molecule has 0 aromatic rings. The Balaban J connectivity index is 3.92. The smallest absolute Gasteiger partial charge is 0.221 e. The zero-order chi connectivity index (χ0) is 12.4. The van der Waals surface area contributed by atoms with Crippen molar-refractivity contribution in [2.24, 2.45) is 5.73 Å². The van der Waals surface area contributed by atoms with Crippen LogP contribution in [0.25, 0.3) is 0 Å². The molecule has 5 heteroatoms. The van der Waals surface area contributed by atoms with E-state index in [1.54, 1.807) is 0 Å². The summed E-state index contributed by atoms with van der Waals surface area (Å²) in [4.78, 5) is 13.7. The molecule has 0 spiro atoms. The van der Waals surface area contributed by atoms with E-state index in [-0.39, 0.29) is 11.9 Å². The summed E-state index contributed by atoms with van der Waals surface area (Å²) in [6, 6.07) is 0.156. The van der Waals surface area contributed by atoms with E-state index < -0.39 is 0 Å². The van der Waals surface area contributed by atoms with Crippen LogP contribution in [0.15, 0.2) is 0 Å². The number of hydrogen-bond donors (Lipinski definition) is 2. The molecule has 0 aliphatic heterocycles. The lowest BCUT2D eigenvalue weighted by atomic mass is 10.1. The number of nitrogens with zero attached hydrogens (tertiary/aromatic N) is 1. The molecule has 3 N–H and O–H groups in total. The van der Waals surface area contributed by atoms with E-state index in [2.05, 4.69) is 16.5 Å². The monoisotopic (exact) mass is 247 g/mol. The van der Waals surface area contributed by atoms with Gasteiger partial charge in [-0.05, 0) is 19.7 Å². The lowest BCUT2D eigenvalue weighted by molar-refractivity contribution is -0.122. The molecular weight excluding hydrogens is 222 g/mol. The molecule has 0 aliphatic rings. The fourth-order valence-electron chi connectivity index (χ4n) is 1.39. The molecule has 96 valence electrons. The lowest BCUT2D eigenvalue weighted by Crippen LogP contribution is -2.42. The molecule has 0 saturated heterocycles. The summed E-state index contributed by atoms with van der Waals surface area (Å²) >= 11 is 1.81. The van der Waals surface area contributed by atoms with Gasteiger partial charge in [-0.25, -0.2) is 0 Å². The van der Waals surface area contributed by atoms with E-state index in [1.165, 1.54) is 0 Å². The standard InChI is InChI=1S/C11H25N3OS/c1-4-5-13-11(15)8-10(9-12)14(2)6-7-16-3/h10H,4-9,12H2,1-3H3,(H,13,15). The number of carbonyl (C=O) groups is 1. The molecule has 0 radical (unpaired) electrons. The van der Waals surface area contributed by atoms with Gasteiger partial charge in [0.15, 0.2) is 0 Å². The minimum Gasteiger partial charge on any atom is -0.356 e. The van der Waals surface area contributed by atoms with Crippen LogP contribution in [0.5, 0.6) is 0 Å². The molecule has 0 rings (SSSR count). The number of hydrogen-bond acceptors (Lipinski definition) is 4. The maximum absolute atomic E-state index is 11.6. The number of nitrogens with one attached hydrogen (secondary N) is 1. The molecule has 0 aromatic carbocycles. The fraction of sp³-hybridized carbons (Fsp3) is 0.909. The second kappa shape index (κ2) is 9.93. The number of rotatable bonds is 9. The third-order valence-electron chi connectivity index (χ3n) is 2.54. The van der Waals surface area contributed by atoms with E-state index in [9.17, 15) is 4.79 Å². The van der Waals surface area contributed by atoms with Crippen LogP contribution in [-0.4, -0.2) is 55.5 Å². The van der Waals surface area contributed by atoms with E-state index in [4.69, 9.17) is 5.73 Å². The van der Waals surface area contributed by atoms with Crippen molar-refractivity contribution in [3.05, 3.63) is 0 Å². The van der Waals surface area contributed by atoms with Crippen LogP contribution >= 0.6 is 11.8 Å². The molecule has 1 atom stereocenters. The number of carbonyl (C=O) groups excluding carboxylic acids is 1. The average molecular weight is 247 g/mol. The zero-order valence-electron chi connectivity index (χ0n) is 10.7. The highest BCUT2D eigenvalue weighted by Gasteiger charge is 2.16. The summed E-state index contributed by atoms with van der Waals surface area (Å²) in [5.74, 6) is 1.18. The van der Waals surface area contributed by atoms with Crippen molar-refractivity contribution in [3.63, 3.8) is 0 Å². The molecule has 4 nitrogen and oxygen atoms in total. The summed E-state index contributed by atoms with van der Waals surface area (Å²) in [6.45, 7) is 4.31. The minimum absolute atomic E-state index is 0.105. The number of likely N-dealkylation sites (N-methyl/N-ethyl adjacent to an activating group) is 1. The maximum Gasteiger partial charge on any atom is 0.221 e. The van der Waals surface area contributed by atoms with Crippen LogP contribution in [0.1, 0.15) is 19.8 Å². The normalized spacial score (nSPS) is 12.8. The quantitative estimate of drug-likeness (QED) is 0.624. The van der Waals surface area contributed by atoms with Gasteiger partial charge in [0, 0.05) is 37.8 Å². The van der Waals surface area contributed by atoms with Gasteiger partial charge in [0.05, 0.1) is 0 Å². The van der Waals surface area contributed by atoms with Gasteiger partial charge in [-0.2, -0.15) is 11.8 Å². The van der Waals surface area contributed by atoms with Gasteiger partial charge in [0.25, 0.3) is 0 Å². The number of thioether (sulfide) groups is 1. The third kappa shape index (κ3) is 7.09. The van der Waals surface area contributed by atoms with E-state index >= 15 is 0 Å². The predicted octanol–water partition coefficient (Wildman–Crippen LogP) is 0.525. The van der Waals surface area contributed by atoms with Gasteiger partial charge >= 0.3 is 0 Å². The highest BCUT2D eigenvalue weighted by Crippen LogP contribution is 2.02. The Morgan fingerprint density at radius 3 is 2.75 bits per heavy atom. The third-order valence-corrected chi connectivity index (χ3v) is 3.13. The van der Waals surface area contributed by atoms with Gasteiger partial charge in [-0.15, -0.1) is 0 Å². The molecule has 16 heavy (non-hydrogen) atoms. The Morgan fingerprint density at radius 2 is 2.25 bits per heavy atom. The van der Waals surface area contributed by atoms with Crippen LogP contribution in [0.4, 0.5) is 0 Å². The summed E-state index contributed by atoms with van der Waals surface area (Å²) in [5, 5.41) is 2.88. The molecule has 0 aliphatic carbocycles. The fourth-order valence-corrected chi connectivity index (χ4v) is 1.86. The molecule has 0 fully saturated rings. The highest BCUT2D eigenvalue weighted by atomic mass is 32.2. The Labute approximate surface area is 103 Å². The van der Waals surface area contributed by atoms with Gasteiger partial charge in [0.1, 0.15) is 0 Å². The first-order valence-electron chi connectivity index (χ1n) is 5.81. The first-order chi connectivity index (χ1) is 7.65. The molecule has 1 amide bonds. The second-order valence-electron chi connectivity index (χ2n) is 3.92. The van der Waals surface area contributed by atoms with Crippen molar-refractivity contribution in [3.8, 4) is 0 Å². The van der Waals surface area contributed by atoms with E-state index in [0.29, 0.717) is 13.0 Å². The van der Waals surface area contributed by atoms with Crippen molar-refractivity contribution >= 4 is 17.7 Å². The Hall–Kier alpha value is -0.260. The molecule has 0 heterocycles. The highest BCUT2D eigenvalue weighted by molar-refractivity contribution is 7.98. The van der Waals surface area contributed by atoms with E-state index in [1.807, 2.05) is 25.7 Å². The largest absolute Gasteiger partial charge is 0.356 e. The minimum atomic E-state index is 0.105. The topological polar surface area (TPSA) is 58.4 Å². The Morgan fingerprint density at radius 1 is 1.56 bits per heavy atom. The predicted molar refractivity (Wildman–Crippen MR) is 71.8 cm³/mol. The van der Waals surface area contributed by atoms with Crippen LogP contribution in [-0.2, 0) is 4.79 Å². The van der Waals surface area contributed by atoms with Crippen molar-refractivity contribution in [1.29, 1.82) is 0 Å². The Kier molecular flexibility index (Phi) is 9.77. The first kappa shape index (κ1) is 15.7. The van der Waals surface area contributed by atoms with Gasteiger partial charge in [-0.1, -0.05) is 6.92 Å². The molecule has 0 saturated carbocycles.